The van der Waals surface area contributed by atoms with Crippen molar-refractivity contribution < 1.29 is 13.6 Å². The van der Waals surface area contributed by atoms with Gasteiger partial charge in [0.05, 0.1) is 16.6 Å². The molecule has 2 bridgehead atoms. The van der Waals surface area contributed by atoms with Crippen molar-refractivity contribution in [1.82, 2.24) is 4.31 Å². The monoisotopic (exact) mass is 294 g/mol. The maximum absolute atomic E-state index is 12.7. The van der Waals surface area contributed by atoms with E-state index in [4.69, 9.17) is 5.21 Å². The highest BCUT2D eigenvalue weighted by Crippen LogP contribution is 2.36. The molecule has 2 saturated heterocycles. The summed E-state index contributed by atoms with van der Waals surface area (Å²) < 4.78 is 27.0. The van der Waals surface area contributed by atoms with Crippen LogP contribution < -0.4 is 0 Å². The Balaban J connectivity index is 1.97. The molecular formula is C14H18N2O3S. The second kappa shape index (κ2) is 4.86. The molecule has 20 heavy (non-hydrogen) atoms. The molecule has 1 N–H and O–H groups in total. The molecule has 0 aromatic heterocycles. The fraction of sp³-hybridized carbons (Fsp3) is 0.500. The van der Waals surface area contributed by atoms with E-state index in [9.17, 15) is 8.42 Å². The number of oxime groups is 1. The van der Waals surface area contributed by atoms with Crippen LogP contribution in [0.3, 0.4) is 0 Å². The largest absolute Gasteiger partial charge is 0.411 e. The van der Waals surface area contributed by atoms with Gasteiger partial charge in [-0.2, -0.15) is 4.31 Å². The lowest BCUT2D eigenvalue weighted by Gasteiger charge is -2.44. The van der Waals surface area contributed by atoms with Crippen LogP contribution in [0.1, 0.15) is 24.8 Å². The number of benzene rings is 1. The first-order valence-corrected chi connectivity index (χ1v) is 8.25. The smallest absolute Gasteiger partial charge is 0.243 e. The summed E-state index contributed by atoms with van der Waals surface area (Å²) in [5.41, 5.74) is 1.63. The van der Waals surface area contributed by atoms with Crippen molar-refractivity contribution >= 4 is 15.7 Å². The van der Waals surface area contributed by atoms with Crippen LogP contribution in [0.25, 0.3) is 0 Å². The molecule has 108 valence electrons. The van der Waals surface area contributed by atoms with Crippen molar-refractivity contribution in [2.45, 2.75) is 37.1 Å². The first-order chi connectivity index (χ1) is 9.52. The van der Waals surface area contributed by atoms with Gasteiger partial charge in [0.15, 0.2) is 0 Å². The molecule has 3 fully saturated rings. The van der Waals surface area contributed by atoms with E-state index in [0.29, 0.717) is 23.6 Å². The number of aryl methyl sites for hydroxylation is 1. The Morgan fingerprint density at radius 1 is 1.25 bits per heavy atom. The van der Waals surface area contributed by atoms with Crippen LogP contribution in [0.2, 0.25) is 0 Å². The standard InChI is InChI=1S/C14H18N2O3S/c1-10-2-5-12(6-3-10)20(18,19)16-9-11-4-7-14(16)13(8-11)15-17/h2-3,5-6,11,14,17H,4,7-9H2,1H3. The number of piperidine rings is 2. The second-order valence-corrected chi connectivity index (χ2v) is 7.53. The average molecular weight is 294 g/mol. The van der Waals surface area contributed by atoms with Gasteiger partial charge in [0.25, 0.3) is 0 Å². The molecule has 1 aliphatic carbocycles. The van der Waals surface area contributed by atoms with Crippen LogP contribution in [-0.2, 0) is 10.0 Å². The lowest BCUT2D eigenvalue weighted by molar-refractivity contribution is 0.197. The van der Waals surface area contributed by atoms with E-state index in [1.165, 1.54) is 4.31 Å². The third-order valence-corrected chi connectivity index (χ3v) is 6.16. The highest BCUT2D eigenvalue weighted by Gasteiger charge is 2.44. The van der Waals surface area contributed by atoms with Crippen molar-refractivity contribution in [3.8, 4) is 0 Å². The Labute approximate surface area is 119 Å². The average Bonchev–Trinajstić information content (AvgIpc) is 2.48. The summed E-state index contributed by atoms with van der Waals surface area (Å²) in [4.78, 5) is 0.313. The zero-order valence-corrected chi connectivity index (χ0v) is 12.2. The van der Waals surface area contributed by atoms with Gasteiger partial charge in [0, 0.05) is 6.54 Å². The molecule has 2 aliphatic heterocycles. The van der Waals surface area contributed by atoms with Gasteiger partial charge in [-0.25, -0.2) is 8.42 Å². The maximum atomic E-state index is 12.7. The topological polar surface area (TPSA) is 70.0 Å². The number of nitrogens with zero attached hydrogens (tertiary/aromatic N) is 2. The molecule has 4 rings (SSSR count). The molecule has 0 amide bonds. The van der Waals surface area contributed by atoms with Crippen molar-refractivity contribution in [3.05, 3.63) is 29.8 Å². The first kappa shape index (κ1) is 13.6. The van der Waals surface area contributed by atoms with Gasteiger partial charge in [0.2, 0.25) is 10.0 Å². The Kier molecular flexibility index (Phi) is 3.30. The fourth-order valence-corrected chi connectivity index (χ4v) is 4.88. The molecule has 5 nitrogen and oxygen atoms in total. The molecular weight excluding hydrogens is 276 g/mol. The van der Waals surface area contributed by atoms with Crippen molar-refractivity contribution in [2.24, 2.45) is 11.1 Å². The van der Waals surface area contributed by atoms with Gasteiger partial charge in [0.1, 0.15) is 0 Å². The minimum Gasteiger partial charge on any atom is -0.411 e. The predicted octanol–water partition coefficient (Wildman–Crippen LogP) is 2.00. The quantitative estimate of drug-likeness (QED) is 0.670. The van der Waals surface area contributed by atoms with E-state index in [1.54, 1.807) is 24.3 Å². The molecule has 2 heterocycles. The van der Waals surface area contributed by atoms with Crippen LogP contribution >= 0.6 is 0 Å². The molecule has 2 atom stereocenters. The third kappa shape index (κ3) is 2.13. The third-order valence-electron chi connectivity index (χ3n) is 4.27. The van der Waals surface area contributed by atoms with E-state index in [-0.39, 0.29) is 12.0 Å². The number of hydrogen-bond acceptors (Lipinski definition) is 4. The van der Waals surface area contributed by atoms with Crippen LogP contribution in [0.5, 0.6) is 0 Å². The lowest BCUT2D eigenvalue weighted by atomic mass is 9.80. The zero-order valence-electron chi connectivity index (χ0n) is 11.4. The molecule has 1 aromatic rings. The molecule has 0 radical (unpaired) electrons. The molecule has 6 heteroatoms. The highest BCUT2D eigenvalue weighted by molar-refractivity contribution is 7.89. The highest BCUT2D eigenvalue weighted by atomic mass is 32.2. The lowest BCUT2D eigenvalue weighted by Crippen LogP contribution is -2.55. The van der Waals surface area contributed by atoms with Gasteiger partial charge in [-0.3, -0.25) is 0 Å². The normalized spacial score (nSPS) is 28.9. The predicted molar refractivity (Wildman–Crippen MR) is 75.4 cm³/mol. The summed E-state index contributed by atoms with van der Waals surface area (Å²) in [6.07, 6.45) is 2.46. The second-order valence-electron chi connectivity index (χ2n) is 5.64. The Bertz CT molecular complexity index is 637. The molecule has 0 spiro atoms. The molecule has 1 saturated carbocycles. The van der Waals surface area contributed by atoms with Crippen molar-refractivity contribution in [3.63, 3.8) is 0 Å². The van der Waals surface area contributed by atoms with Gasteiger partial charge >= 0.3 is 0 Å². The summed E-state index contributed by atoms with van der Waals surface area (Å²) in [5, 5.41) is 12.4. The SMILES string of the molecule is Cc1ccc(S(=O)(=O)N2CC3CCC2C(=NO)C3)cc1. The maximum Gasteiger partial charge on any atom is 0.243 e. The van der Waals surface area contributed by atoms with E-state index < -0.39 is 10.0 Å². The molecule has 2 unspecified atom stereocenters. The fourth-order valence-electron chi connectivity index (χ4n) is 3.16. The van der Waals surface area contributed by atoms with Gasteiger partial charge in [-0.1, -0.05) is 22.9 Å². The van der Waals surface area contributed by atoms with Crippen LogP contribution in [0.15, 0.2) is 34.3 Å². The van der Waals surface area contributed by atoms with Crippen LogP contribution in [0, 0.1) is 12.8 Å². The van der Waals surface area contributed by atoms with Gasteiger partial charge in [-0.05, 0) is 44.2 Å². The molecule has 3 aliphatic rings. The van der Waals surface area contributed by atoms with Crippen LogP contribution in [-0.4, -0.2) is 36.2 Å². The number of hydrogen-bond donors (Lipinski definition) is 1. The Morgan fingerprint density at radius 3 is 2.55 bits per heavy atom. The minimum absolute atomic E-state index is 0.270. The summed E-state index contributed by atoms with van der Waals surface area (Å²) in [6, 6.07) is 6.61. The van der Waals surface area contributed by atoms with Crippen LogP contribution in [0.4, 0.5) is 0 Å². The van der Waals surface area contributed by atoms with Gasteiger partial charge in [-0.15, -0.1) is 0 Å². The van der Waals surface area contributed by atoms with E-state index >= 15 is 0 Å². The minimum atomic E-state index is -3.51. The first-order valence-electron chi connectivity index (χ1n) is 6.81. The Hall–Kier alpha value is -1.40. The summed E-state index contributed by atoms with van der Waals surface area (Å²) in [7, 11) is -3.51. The molecule has 1 aromatic carbocycles. The summed E-state index contributed by atoms with van der Waals surface area (Å²) in [6.45, 7) is 2.45. The van der Waals surface area contributed by atoms with E-state index in [0.717, 1.165) is 18.4 Å². The Morgan fingerprint density at radius 2 is 1.95 bits per heavy atom. The van der Waals surface area contributed by atoms with E-state index in [1.807, 2.05) is 6.92 Å². The van der Waals surface area contributed by atoms with Gasteiger partial charge < -0.3 is 5.21 Å². The van der Waals surface area contributed by atoms with Crippen molar-refractivity contribution in [2.75, 3.05) is 6.54 Å². The summed E-state index contributed by atoms with van der Waals surface area (Å²) in [5.74, 6) is 0.270. The van der Waals surface area contributed by atoms with Crippen molar-refractivity contribution in [1.29, 1.82) is 0 Å². The summed E-state index contributed by atoms with van der Waals surface area (Å²) >= 11 is 0. The van der Waals surface area contributed by atoms with E-state index in [2.05, 4.69) is 5.16 Å². The number of fused-ring (bicyclic) bond motifs is 3. The number of sulfonamides is 1. The zero-order chi connectivity index (χ0) is 14.3. The number of rotatable bonds is 2.